The van der Waals surface area contributed by atoms with Crippen molar-refractivity contribution in [2.75, 3.05) is 21.2 Å². The van der Waals surface area contributed by atoms with Crippen LogP contribution in [0.2, 0.25) is 0 Å². The van der Waals surface area contributed by atoms with Crippen molar-refractivity contribution in [3.63, 3.8) is 0 Å². The van der Waals surface area contributed by atoms with Crippen molar-refractivity contribution in [1.82, 2.24) is 4.90 Å². The molecule has 0 radical (unpaired) electrons. The fraction of sp³-hybridized carbons (Fsp3) is 0.541. The van der Waals surface area contributed by atoms with Crippen LogP contribution in [-0.4, -0.2) is 101 Å². The van der Waals surface area contributed by atoms with Crippen molar-refractivity contribution in [2.24, 2.45) is 0 Å². The summed E-state index contributed by atoms with van der Waals surface area (Å²) in [5.74, 6) is -2.10. The molecule has 0 amide bonds. The van der Waals surface area contributed by atoms with Gasteiger partial charge in [-0.3, -0.25) is 14.4 Å². The van der Waals surface area contributed by atoms with Crippen LogP contribution in [0, 0.1) is 0 Å². The molecule has 1 aromatic heterocycles. The lowest BCUT2D eigenvalue weighted by molar-refractivity contribution is -0.300. The van der Waals surface area contributed by atoms with Crippen LogP contribution in [-0.2, 0) is 29.3 Å². The number of carbonyl (C=O) groups excluding carboxylic acids is 2. The standard InChI is InChI=1S/C37H43NO12/c1-15-30(41)23(45-8)13-26(47-15)49-35-16(2)46-24(14-36(35,4)38(6)7)18-9-10-19-27(32(18)43)33(44)28-20(31(19)42)11-21(39)29-22(40)12-25(48-34(28)29)37(5)17(3)50-37/h9-12,15-17,23-24,26,30,35,39,41,43H,13-14H2,1-8H3/t15-,16+,17?,23+,24-,26-,30-,35-,36+,37?/m1/s1. The van der Waals surface area contributed by atoms with Crippen molar-refractivity contribution in [2.45, 2.75) is 108 Å². The first kappa shape index (κ1) is 34.7. The first-order valence-electron chi connectivity index (χ1n) is 16.8. The Morgan fingerprint density at radius 1 is 0.940 bits per heavy atom. The molecule has 13 nitrogen and oxygen atoms in total. The Balaban J connectivity index is 1.26. The van der Waals surface area contributed by atoms with E-state index >= 15 is 0 Å². The second kappa shape index (κ2) is 11.9. The smallest absolute Gasteiger partial charge is 0.202 e. The fourth-order valence-electron chi connectivity index (χ4n) is 7.86. The zero-order valence-corrected chi connectivity index (χ0v) is 29.3. The molecule has 3 fully saturated rings. The van der Waals surface area contributed by atoms with Gasteiger partial charge in [-0.2, -0.15) is 0 Å². The highest BCUT2D eigenvalue weighted by atomic mass is 16.7. The summed E-state index contributed by atoms with van der Waals surface area (Å²) in [6.45, 7) is 9.18. The average molecular weight is 694 g/mol. The number of rotatable bonds is 6. The largest absolute Gasteiger partial charge is 0.507 e. The number of methoxy groups -OCH3 is 1. The number of ketones is 2. The lowest BCUT2D eigenvalue weighted by atomic mass is 9.77. The topological polar surface area (TPSA) is 178 Å². The SMILES string of the molecule is CO[C@H]1C[C@@H](O[C@@H]2[C@H](C)O[C@@H](c3ccc4c(c3O)C(=O)c3c(cc(O)c5c(=O)cc(C6(C)OC6C)oc35)C4=O)C[C@]2(C)N(C)C)O[C@H](C)[C@H]1O. The van der Waals surface area contributed by atoms with Gasteiger partial charge in [0.15, 0.2) is 23.1 Å². The number of nitrogens with zero attached hydrogens (tertiary/aromatic N) is 1. The van der Waals surface area contributed by atoms with Crippen LogP contribution in [0.25, 0.3) is 11.0 Å². The number of epoxide rings is 1. The Bertz CT molecular complexity index is 1970. The third-order valence-electron chi connectivity index (χ3n) is 11.4. The maximum atomic E-state index is 14.4. The van der Waals surface area contributed by atoms with Gasteiger partial charge in [0, 0.05) is 41.8 Å². The number of ether oxygens (including phenoxy) is 5. The van der Waals surface area contributed by atoms with E-state index in [1.165, 1.54) is 19.2 Å². The third kappa shape index (κ3) is 5.13. The van der Waals surface area contributed by atoms with Crippen LogP contribution < -0.4 is 5.43 Å². The van der Waals surface area contributed by atoms with Gasteiger partial charge in [-0.1, -0.05) is 6.07 Å². The molecule has 4 aliphatic rings. The predicted octanol–water partition coefficient (Wildman–Crippen LogP) is 3.68. The highest BCUT2D eigenvalue weighted by Crippen LogP contribution is 2.49. The van der Waals surface area contributed by atoms with Crippen LogP contribution in [0.15, 0.2) is 33.5 Å². The second-order valence-electron chi connectivity index (χ2n) is 14.6. The van der Waals surface area contributed by atoms with Crippen LogP contribution in [0.3, 0.4) is 0 Å². The monoisotopic (exact) mass is 693 g/mol. The van der Waals surface area contributed by atoms with E-state index in [9.17, 15) is 29.7 Å². The van der Waals surface area contributed by atoms with Gasteiger partial charge in [-0.05, 0) is 67.3 Å². The van der Waals surface area contributed by atoms with E-state index in [2.05, 4.69) is 0 Å². The normalized spacial score (nSPS) is 35.3. The summed E-state index contributed by atoms with van der Waals surface area (Å²) in [4.78, 5) is 43.5. The van der Waals surface area contributed by atoms with E-state index in [0.29, 0.717) is 18.4 Å². The lowest BCUT2D eigenvalue weighted by Gasteiger charge is -2.52. The highest BCUT2D eigenvalue weighted by molar-refractivity contribution is 6.32. The summed E-state index contributed by atoms with van der Waals surface area (Å²) < 4.78 is 36.3. The van der Waals surface area contributed by atoms with Gasteiger partial charge in [0.1, 0.15) is 40.5 Å². The Kier molecular flexibility index (Phi) is 8.30. The minimum atomic E-state index is -0.912. The molecule has 2 aromatic carbocycles. The number of aliphatic hydroxyl groups excluding tert-OH is 1. The number of hydrogen-bond acceptors (Lipinski definition) is 13. The number of phenols is 2. The summed E-state index contributed by atoms with van der Waals surface area (Å²) in [5, 5.41) is 32.9. The molecule has 1 aliphatic carbocycles. The van der Waals surface area contributed by atoms with Crippen molar-refractivity contribution in [3.05, 3.63) is 68.1 Å². The molecule has 7 rings (SSSR count). The van der Waals surface area contributed by atoms with Gasteiger partial charge in [0.2, 0.25) is 5.78 Å². The number of aromatic hydroxyl groups is 2. The van der Waals surface area contributed by atoms with Gasteiger partial charge in [0.25, 0.3) is 0 Å². The van der Waals surface area contributed by atoms with Gasteiger partial charge >= 0.3 is 0 Å². The molecule has 268 valence electrons. The van der Waals surface area contributed by atoms with Crippen LogP contribution in [0.1, 0.15) is 96.7 Å². The van der Waals surface area contributed by atoms with Gasteiger partial charge < -0.3 is 48.3 Å². The van der Waals surface area contributed by atoms with E-state index in [4.69, 9.17) is 28.1 Å². The molecule has 13 heteroatoms. The highest BCUT2D eigenvalue weighted by Gasteiger charge is 2.54. The number of hydrogen-bond donors (Lipinski definition) is 3. The number of benzene rings is 2. The van der Waals surface area contributed by atoms with Crippen molar-refractivity contribution in [1.29, 1.82) is 0 Å². The Labute approximate surface area is 288 Å². The van der Waals surface area contributed by atoms with E-state index in [1.54, 1.807) is 19.9 Å². The number of carbonyl (C=O) groups is 2. The molecule has 10 atom stereocenters. The van der Waals surface area contributed by atoms with E-state index in [1.807, 2.05) is 39.8 Å². The summed E-state index contributed by atoms with van der Waals surface area (Å²) >= 11 is 0. The molecule has 4 heterocycles. The predicted molar refractivity (Wildman–Crippen MR) is 178 cm³/mol. The van der Waals surface area contributed by atoms with Gasteiger partial charge in [0.05, 0.1) is 41.6 Å². The van der Waals surface area contributed by atoms with Crippen LogP contribution >= 0.6 is 0 Å². The first-order valence-corrected chi connectivity index (χ1v) is 16.8. The maximum absolute atomic E-state index is 14.4. The first-order chi connectivity index (χ1) is 23.5. The molecule has 0 spiro atoms. The van der Waals surface area contributed by atoms with E-state index < -0.39 is 82.5 Å². The molecule has 3 N–H and O–H groups in total. The van der Waals surface area contributed by atoms with E-state index in [-0.39, 0.29) is 45.1 Å². The minimum Gasteiger partial charge on any atom is -0.507 e. The summed E-state index contributed by atoms with van der Waals surface area (Å²) in [6, 6.07) is 5.36. The van der Waals surface area contributed by atoms with Gasteiger partial charge in [-0.25, -0.2) is 0 Å². The Hall–Kier alpha value is -3.69. The summed E-state index contributed by atoms with van der Waals surface area (Å²) in [7, 11) is 5.37. The second-order valence-corrected chi connectivity index (χ2v) is 14.6. The Morgan fingerprint density at radius 2 is 1.64 bits per heavy atom. The van der Waals surface area contributed by atoms with E-state index in [0.717, 1.165) is 6.07 Å². The average Bonchev–Trinajstić information content (AvgIpc) is 3.68. The van der Waals surface area contributed by atoms with Crippen LogP contribution in [0.5, 0.6) is 11.5 Å². The molecular formula is C37H43NO12. The third-order valence-corrected chi connectivity index (χ3v) is 11.4. The molecule has 0 bridgehead atoms. The zero-order valence-electron chi connectivity index (χ0n) is 29.3. The molecule has 3 saturated heterocycles. The minimum absolute atomic E-state index is 0.0500. The quantitative estimate of drug-likeness (QED) is 0.250. The summed E-state index contributed by atoms with van der Waals surface area (Å²) in [5.41, 5.74) is -2.77. The number of phenolic OH excluding ortho intramolecular Hbond substituents is 2. The molecular weight excluding hydrogens is 650 g/mol. The molecule has 50 heavy (non-hydrogen) atoms. The van der Waals surface area contributed by atoms with Crippen molar-refractivity contribution >= 4 is 22.5 Å². The zero-order chi connectivity index (χ0) is 36.2. The van der Waals surface area contributed by atoms with Crippen LogP contribution in [0.4, 0.5) is 0 Å². The molecule has 0 saturated carbocycles. The number of fused-ring (bicyclic) bond motifs is 4. The van der Waals surface area contributed by atoms with Crippen molar-refractivity contribution in [3.8, 4) is 11.5 Å². The molecule has 2 unspecified atom stereocenters. The van der Waals surface area contributed by atoms with Gasteiger partial charge in [-0.15, -0.1) is 0 Å². The molecule has 3 aliphatic heterocycles. The number of likely N-dealkylation sites (N-methyl/N-ethyl adjacent to an activating group) is 1. The lowest BCUT2D eigenvalue weighted by Crippen LogP contribution is -2.62. The van der Waals surface area contributed by atoms with Crippen molar-refractivity contribution < 1.29 is 53.0 Å². The summed E-state index contributed by atoms with van der Waals surface area (Å²) in [6.07, 6.45) is -3.81. The molecule has 3 aromatic rings. The maximum Gasteiger partial charge on any atom is 0.202 e. The fourth-order valence-corrected chi connectivity index (χ4v) is 7.86. The number of aliphatic hydroxyl groups is 1. The Morgan fingerprint density at radius 3 is 2.28 bits per heavy atom.